The van der Waals surface area contributed by atoms with Crippen molar-refractivity contribution in [1.29, 1.82) is 0 Å². The van der Waals surface area contributed by atoms with Gasteiger partial charge in [0.05, 0.1) is 5.39 Å². The quantitative estimate of drug-likeness (QED) is 0.645. The fourth-order valence-corrected chi connectivity index (χ4v) is 5.70. The Hall–Kier alpha value is -2.06. The van der Waals surface area contributed by atoms with E-state index < -0.39 is 0 Å². The van der Waals surface area contributed by atoms with E-state index in [1.54, 1.807) is 15.9 Å². The van der Waals surface area contributed by atoms with Gasteiger partial charge in [-0.2, -0.15) is 4.52 Å². The third-order valence-corrected chi connectivity index (χ3v) is 7.08. The van der Waals surface area contributed by atoms with Crippen LogP contribution in [0.4, 0.5) is 0 Å². The molecule has 4 heterocycles. The Bertz CT molecular complexity index is 1050. The SMILES string of the molecule is Cc1nc2sc3c(c2c2nc(C(=O)N4CCN(C)CC4)nn12)[C@@H](C)CCC3. The molecule has 1 aliphatic carbocycles. The number of nitrogens with zero attached hydrogens (tertiary/aromatic N) is 6. The highest BCUT2D eigenvalue weighted by atomic mass is 32.1. The predicted molar refractivity (Wildman–Crippen MR) is 106 cm³/mol. The summed E-state index contributed by atoms with van der Waals surface area (Å²) in [5, 5.41) is 5.66. The fourth-order valence-electron chi connectivity index (χ4n) is 4.33. The fraction of sp³-hybridized carbons (Fsp3) is 0.579. The molecular weight excluding hydrogens is 360 g/mol. The van der Waals surface area contributed by atoms with Gasteiger partial charge >= 0.3 is 0 Å². The van der Waals surface area contributed by atoms with Gasteiger partial charge in [-0.25, -0.2) is 9.97 Å². The van der Waals surface area contributed by atoms with E-state index in [9.17, 15) is 4.79 Å². The molecular formula is C19H24N6OS. The summed E-state index contributed by atoms with van der Waals surface area (Å²) in [6, 6.07) is 0. The molecule has 1 fully saturated rings. The molecule has 2 aliphatic rings. The minimum absolute atomic E-state index is 0.0727. The average molecular weight is 385 g/mol. The first-order valence-corrected chi connectivity index (χ1v) is 10.5. The molecule has 0 bridgehead atoms. The lowest BCUT2D eigenvalue weighted by Crippen LogP contribution is -2.47. The zero-order chi connectivity index (χ0) is 18.7. The Morgan fingerprint density at radius 2 is 1.96 bits per heavy atom. The lowest BCUT2D eigenvalue weighted by atomic mass is 9.87. The zero-order valence-corrected chi connectivity index (χ0v) is 16.8. The molecule has 27 heavy (non-hydrogen) atoms. The van der Waals surface area contributed by atoms with E-state index in [-0.39, 0.29) is 5.91 Å². The van der Waals surface area contributed by atoms with Crippen molar-refractivity contribution >= 4 is 33.1 Å². The van der Waals surface area contributed by atoms with Gasteiger partial charge in [0.25, 0.3) is 5.91 Å². The Morgan fingerprint density at radius 1 is 1.19 bits per heavy atom. The van der Waals surface area contributed by atoms with Crippen molar-refractivity contribution in [1.82, 2.24) is 29.4 Å². The summed E-state index contributed by atoms with van der Waals surface area (Å²) in [4.78, 5) is 29.0. The number of hydrogen-bond acceptors (Lipinski definition) is 6. The molecule has 142 valence electrons. The molecule has 8 heteroatoms. The number of aryl methyl sites for hydroxylation is 2. The van der Waals surface area contributed by atoms with Crippen LogP contribution in [-0.4, -0.2) is 68.5 Å². The smallest absolute Gasteiger partial charge is 0.293 e. The van der Waals surface area contributed by atoms with Gasteiger partial charge in [0.15, 0.2) is 5.65 Å². The van der Waals surface area contributed by atoms with E-state index in [2.05, 4.69) is 24.0 Å². The summed E-state index contributed by atoms with van der Waals surface area (Å²) in [5.74, 6) is 1.51. The first-order chi connectivity index (χ1) is 13.0. The number of carbonyl (C=O) groups excluding carboxylic acids is 1. The molecule has 0 saturated carbocycles. The van der Waals surface area contributed by atoms with Gasteiger partial charge in [0.1, 0.15) is 10.7 Å². The maximum Gasteiger partial charge on any atom is 0.293 e. The van der Waals surface area contributed by atoms with Gasteiger partial charge in [0.2, 0.25) is 5.82 Å². The van der Waals surface area contributed by atoms with E-state index in [1.807, 2.05) is 11.8 Å². The van der Waals surface area contributed by atoms with Crippen LogP contribution in [0.25, 0.3) is 15.9 Å². The van der Waals surface area contributed by atoms with Crippen LogP contribution in [0.2, 0.25) is 0 Å². The second-order valence-corrected chi connectivity index (χ2v) is 8.92. The van der Waals surface area contributed by atoms with Crippen LogP contribution in [0, 0.1) is 6.92 Å². The average Bonchev–Trinajstić information content (AvgIpc) is 3.24. The summed E-state index contributed by atoms with van der Waals surface area (Å²) in [6.07, 6.45) is 3.54. The normalized spacial score (nSPS) is 21.1. The van der Waals surface area contributed by atoms with Crippen LogP contribution >= 0.6 is 11.3 Å². The number of hydrogen-bond donors (Lipinski definition) is 0. The highest BCUT2D eigenvalue weighted by Gasteiger charge is 2.28. The largest absolute Gasteiger partial charge is 0.333 e. The van der Waals surface area contributed by atoms with Crippen LogP contribution in [0.5, 0.6) is 0 Å². The minimum Gasteiger partial charge on any atom is -0.333 e. The van der Waals surface area contributed by atoms with E-state index >= 15 is 0 Å². The molecule has 7 nitrogen and oxygen atoms in total. The monoisotopic (exact) mass is 384 g/mol. The molecule has 3 aromatic heterocycles. The molecule has 0 radical (unpaired) electrons. The Kier molecular flexibility index (Phi) is 3.94. The van der Waals surface area contributed by atoms with Gasteiger partial charge in [-0.1, -0.05) is 6.92 Å². The first-order valence-electron chi connectivity index (χ1n) is 9.69. The molecule has 1 saturated heterocycles. The zero-order valence-electron chi connectivity index (χ0n) is 16.0. The van der Waals surface area contributed by atoms with Crippen LogP contribution in [0.1, 0.15) is 52.6 Å². The molecule has 0 spiro atoms. The summed E-state index contributed by atoms with van der Waals surface area (Å²) < 4.78 is 1.76. The number of carbonyl (C=O) groups is 1. The number of piperazine rings is 1. The number of fused-ring (bicyclic) bond motifs is 5. The summed E-state index contributed by atoms with van der Waals surface area (Å²) in [5.41, 5.74) is 2.17. The van der Waals surface area contributed by atoms with Crippen molar-refractivity contribution in [2.24, 2.45) is 0 Å². The molecule has 0 aromatic carbocycles. The summed E-state index contributed by atoms with van der Waals surface area (Å²) in [7, 11) is 2.08. The predicted octanol–water partition coefficient (Wildman–Crippen LogP) is 2.47. The minimum atomic E-state index is -0.0727. The van der Waals surface area contributed by atoms with Crippen LogP contribution in [-0.2, 0) is 6.42 Å². The van der Waals surface area contributed by atoms with Crippen molar-refractivity contribution in [2.45, 2.75) is 39.0 Å². The van der Waals surface area contributed by atoms with Crippen LogP contribution < -0.4 is 0 Å². The molecule has 0 N–H and O–H groups in total. The highest BCUT2D eigenvalue weighted by Crippen LogP contribution is 2.42. The van der Waals surface area contributed by atoms with Gasteiger partial charge < -0.3 is 9.80 Å². The van der Waals surface area contributed by atoms with Crippen molar-refractivity contribution in [3.8, 4) is 0 Å². The van der Waals surface area contributed by atoms with Crippen molar-refractivity contribution in [3.05, 3.63) is 22.1 Å². The second-order valence-electron chi connectivity index (χ2n) is 7.84. The van der Waals surface area contributed by atoms with E-state index in [4.69, 9.17) is 9.97 Å². The molecule has 1 atom stereocenters. The summed E-state index contributed by atoms with van der Waals surface area (Å²) >= 11 is 1.79. The molecule has 1 aliphatic heterocycles. The highest BCUT2D eigenvalue weighted by molar-refractivity contribution is 7.19. The van der Waals surface area contributed by atoms with Crippen molar-refractivity contribution in [2.75, 3.05) is 33.2 Å². The van der Waals surface area contributed by atoms with Crippen LogP contribution in [0.15, 0.2) is 0 Å². The Morgan fingerprint density at radius 3 is 2.74 bits per heavy atom. The first kappa shape index (κ1) is 17.1. The molecule has 0 unspecified atom stereocenters. The number of rotatable bonds is 1. The Labute approximate surface area is 162 Å². The van der Waals surface area contributed by atoms with E-state index in [1.165, 1.54) is 23.3 Å². The van der Waals surface area contributed by atoms with Crippen LogP contribution in [0.3, 0.4) is 0 Å². The maximum atomic E-state index is 13.0. The van der Waals surface area contributed by atoms with Gasteiger partial charge in [-0.05, 0) is 44.7 Å². The third-order valence-electron chi connectivity index (χ3n) is 5.92. The van der Waals surface area contributed by atoms with Gasteiger partial charge in [-0.15, -0.1) is 16.4 Å². The number of thiophene rings is 1. The second kappa shape index (κ2) is 6.24. The third kappa shape index (κ3) is 2.65. The lowest BCUT2D eigenvalue weighted by Gasteiger charge is -2.31. The topological polar surface area (TPSA) is 66.6 Å². The van der Waals surface area contributed by atoms with E-state index in [0.29, 0.717) is 11.7 Å². The summed E-state index contributed by atoms with van der Waals surface area (Å²) in [6.45, 7) is 7.45. The number of likely N-dealkylation sites (N-methyl/N-ethyl adjacent to an activating group) is 1. The number of aromatic nitrogens is 4. The van der Waals surface area contributed by atoms with Gasteiger partial charge in [0, 0.05) is 31.1 Å². The van der Waals surface area contributed by atoms with Crippen molar-refractivity contribution < 1.29 is 4.79 Å². The Balaban J connectivity index is 1.64. The standard InChI is InChI=1S/C19H24N6OS/c1-11-5-4-6-13-14(11)15-17-21-16(19(26)24-9-7-23(3)8-10-24)22-25(17)12(2)20-18(15)27-13/h11H,4-10H2,1-3H3/t11-/m0/s1. The lowest BCUT2D eigenvalue weighted by molar-refractivity contribution is 0.0652. The molecule has 1 amide bonds. The van der Waals surface area contributed by atoms with Gasteiger partial charge in [-0.3, -0.25) is 4.79 Å². The van der Waals surface area contributed by atoms with E-state index in [0.717, 1.165) is 54.3 Å². The maximum absolute atomic E-state index is 13.0. The molecule has 3 aromatic rings. The number of amides is 1. The van der Waals surface area contributed by atoms with Crippen molar-refractivity contribution in [3.63, 3.8) is 0 Å². The molecule has 5 rings (SSSR count).